The van der Waals surface area contributed by atoms with Crippen LogP contribution in [0.15, 0.2) is 36.4 Å². The van der Waals surface area contributed by atoms with Gasteiger partial charge in [0.15, 0.2) is 0 Å². The van der Waals surface area contributed by atoms with E-state index in [1.54, 1.807) is 18.2 Å². The molecule has 6 nitrogen and oxygen atoms in total. The van der Waals surface area contributed by atoms with Crippen molar-refractivity contribution in [3.05, 3.63) is 58.1 Å². The van der Waals surface area contributed by atoms with E-state index in [1.807, 2.05) is 0 Å². The summed E-state index contributed by atoms with van der Waals surface area (Å²) in [5.41, 5.74) is 2.31. The Labute approximate surface area is 142 Å². The number of hydrogen-bond donors (Lipinski definition) is 3. The SMILES string of the molecule is O=C1CCc2cc(C(=O)Nc3cc(Cl)cc(C(=O)O)c3)ccc2N1. The van der Waals surface area contributed by atoms with Crippen molar-refractivity contribution < 1.29 is 19.5 Å². The number of aromatic carboxylic acids is 1. The average Bonchev–Trinajstić information content (AvgIpc) is 2.53. The highest BCUT2D eigenvalue weighted by Gasteiger charge is 2.17. The summed E-state index contributed by atoms with van der Waals surface area (Å²) in [7, 11) is 0. The molecule has 3 N–H and O–H groups in total. The van der Waals surface area contributed by atoms with E-state index in [-0.39, 0.29) is 22.4 Å². The number of carbonyl (C=O) groups is 3. The summed E-state index contributed by atoms with van der Waals surface area (Å²) >= 11 is 5.88. The molecule has 0 saturated heterocycles. The third-order valence-electron chi connectivity index (χ3n) is 3.67. The van der Waals surface area contributed by atoms with Crippen molar-refractivity contribution in [2.75, 3.05) is 10.6 Å². The topological polar surface area (TPSA) is 95.5 Å². The van der Waals surface area contributed by atoms with Crippen LogP contribution in [-0.4, -0.2) is 22.9 Å². The first-order valence-corrected chi connectivity index (χ1v) is 7.58. The molecule has 0 aromatic heterocycles. The Balaban J connectivity index is 1.83. The van der Waals surface area contributed by atoms with Crippen LogP contribution in [0.2, 0.25) is 5.02 Å². The lowest BCUT2D eigenvalue weighted by Gasteiger charge is -2.17. The van der Waals surface area contributed by atoms with Gasteiger partial charge in [0.25, 0.3) is 5.91 Å². The van der Waals surface area contributed by atoms with E-state index in [0.29, 0.717) is 29.8 Å². The van der Waals surface area contributed by atoms with Crippen LogP contribution in [-0.2, 0) is 11.2 Å². The molecule has 0 saturated carbocycles. The molecule has 0 bridgehead atoms. The number of carboxylic acid groups (broad SMARTS) is 1. The number of hydrogen-bond acceptors (Lipinski definition) is 3. The first-order valence-electron chi connectivity index (χ1n) is 7.20. The molecular weight excluding hydrogens is 332 g/mol. The van der Waals surface area contributed by atoms with E-state index in [9.17, 15) is 14.4 Å². The third kappa shape index (κ3) is 3.38. The van der Waals surface area contributed by atoms with Gasteiger partial charge in [-0.2, -0.15) is 0 Å². The van der Waals surface area contributed by atoms with Crippen molar-refractivity contribution in [2.45, 2.75) is 12.8 Å². The first-order chi connectivity index (χ1) is 11.4. The van der Waals surface area contributed by atoms with Crippen molar-refractivity contribution in [1.82, 2.24) is 0 Å². The number of carboxylic acids is 1. The minimum atomic E-state index is -1.13. The quantitative estimate of drug-likeness (QED) is 0.796. The maximum Gasteiger partial charge on any atom is 0.335 e. The molecule has 2 aromatic rings. The highest BCUT2D eigenvalue weighted by molar-refractivity contribution is 6.31. The molecule has 122 valence electrons. The third-order valence-corrected chi connectivity index (χ3v) is 3.88. The Morgan fingerprint density at radius 1 is 1.08 bits per heavy atom. The minimum Gasteiger partial charge on any atom is -0.478 e. The maximum atomic E-state index is 12.4. The Morgan fingerprint density at radius 2 is 1.88 bits per heavy atom. The largest absolute Gasteiger partial charge is 0.478 e. The molecule has 0 fully saturated rings. The Hall–Kier alpha value is -2.86. The summed E-state index contributed by atoms with van der Waals surface area (Å²) in [6, 6.07) is 9.12. The van der Waals surface area contributed by atoms with E-state index in [1.165, 1.54) is 18.2 Å². The minimum absolute atomic E-state index is 0.00838. The smallest absolute Gasteiger partial charge is 0.335 e. The molecule has 3 rings (SSSR count). The second-order valence-corrected chi connectivity index (χ2v) is 5.84. The number of nitrogens with one attached hydrogen (secondary N) is 2. The van der Waals surface area contributed by atoms with Gasteiger partial charge in [0.05, 0.1) is 5.56 Å². The van der Waals surface area contributed by atoms with Crippen molar-refractivity contribution in [3.8, 4) is 0 Å². The van der Waals surface area contributed by atoms with Crippen molar-refractivity contribution in [2.24, 2.45) is 0 Å². The van der Waals surface area contributed by atoms with Gasteiger partial charge in [-0.25, -0.2) is 4.79 Å². The van der Waals surface area contributed by atoms with Crippen LogP contribution < -0.4 is 10.6 Å². The normalized spacial score (nSPS) is 13.0. The summed E-state index contributed by atoms with van der Waals surface area (Å²) in [4.78, 5) is 34.8. The van der Waals surface area contributed by atoms with Gasteiger partial charge in [0.1, 0.15) is 0 Å². The fourth-order valence-corrected chi connectivity index (χ4v) is 2.75. The zero-order valence-corrected chi connectivity index (χ0v) is 13.2. The number of benzene rings is 2. The zero-order chi connectivity index (χ0) is 17.3. The van der Waals surface area contributed by atoms with Crippen LogP contribution >= 0.6 is 11.6 Å². The second kappa shape index (κ2) is 6.33. The molecular formula is C17H13ClN2O4. The number of anilines is 2. The molecule has 1 aliphatic rings. The van der Waals surface area contributed by atoms with Crippen LogP contribution in [0.3, 0.4) is 0 Å². The Kier molecular flexibility index (Phi) is 4.22. The van der Waals surface area contributed by atoms with Gasteiger partial charge in [-0.3, -0.25) is 9.59 Å². The molecule has 7 heteroatoms. The van der Waals surface area contributed by atoms with Gasteiger partial charge in [-0.15, -0.1) is 0 Å². The number of carbonyl (C=O) groups excluding carboxylic acids is 2. The Morgan fingerprint density at radius 3 is 2.62 bits per heavy atom. The Bertz CT molecular complexity index is 864. The van der Waals surface area contributed by atoms with Gasteiger partial charge in [0.2, 0.25) is 5.91 Å². The van der Waals surface area contributed by atoms with Crippen molar-refractivity contribution >= 4 is 40.8 Å². The number of amides is 2. The molecule has 0 atom stereocenters. The van der Waals surface area contributed by atoms with Gasteiger partial charge < -0.3 is 15.7 Å². The molecule has 2 aromatic carbocycles. The van der Waals surface area contributed by atoms with Crippen LogP contribution in [0.1, 0.15) is 32.7 Å². The summed E-state index contributed by atoms with van der Waals surface area (Å²) < 4.78 is 0. The van der Waals surface area contributed by atoms with Crippen LogP contribution in [0, 0.1) is 0 Å². The van der Waals surface area contributed by atoms with E-state index in [0.717, 1.165) is 5.56 Å². The lowest BCUT2D eigenvalue weighted by molar-refractivity contribution is -0.116. The first kappa shape index (κ1) is 16.0. The van der Waals surface area contributed by atoms with E-state index in [4.69, 9.17) is 16.7 Å². The van der Waals surface area contributed by atoms with Gasteiger partial charge in [-0.1, -0.05) is 11.6 Å². The molecule has 1 aliphatic heterocycles. The molecule has 0 spiro atoms. The number of fused-ring (bicyclic) bond motifs is 1. The molecule has 0 aliphatic carbocycles. The van der Waals surface area contributed by atoms with Gasteiger partial charge >= 0.3 is 5.97 Å². The lowest BCUT2D eigenvalue weighted by atomic mass is 10.00. The number of aryl methyl sites for hydroxylation is 1. The van der Waals surface area contributed by atoms with Gasteiger partial charge in [-0.05, 0) is 48.4 Å². The van der Waals surface area contributed by atoms with E-state index < -0.39 is 5.97 Å². The predicted molar refractivity (Wildman–Crippen MR) is 89.8 cm³/mol. The summed E-state index contributed by atoms with van der Waals surface area (Å²) in [5.74, 6) is -1.55. The number of rotatable bonds is 3. The summed E-state index contributed by atoms with van der Waals surface area (Å²) in [5, 5.41) is 14.6. The fourth-order valence-electron chi connectivity index (χ4n) is 2.51. The van der Waals surface area contributed by atoms with Crippen LogP contribution in [0.25, 0.3) is 0 Å². The average molecular weight is 345 g/mol. The van der Waals surface area contributed by atoms with Gasteiger partial charge in [0, 0.05) is 28.4 Å². The zero-order valence-electron chi connectivity index (χ0n) is 12.4. The molecule has 24 heavy (non-hydrogen) atoms. The highest BCUT2D eigenvalue weighted by Crippen LogP contribution is 2.25. The standard InChI is InChI=1S/C17H13ClN2O4/c18-12-6-11(17(23)24)7-13(8-12)19-16(22)10-1-3-14-9(5-10)2-4-15(21)20-14/h1,3,5-8H,2,4H2,(H,19,22)(H,20,21)(H,23,24). The molecule has 2 amide bonds. The molecule has 1 heterocycles. The maximum absolute atomic E-state index is 12.4. The lowest BCUT2D eigenvalue weighted by Crippen LogP contribution is -2.20. The van der Waals surface area contributed by atoms with Crippen molar-refractivity contribution in [1.29, 1.82) is 0 Å². The van der Waals surface area contributed by atoms with Crippen molar-refractivity contribution in [3.63, 3.8) is 0 Å². The van der Waals surface area contributed by atoms with E-state index >= 15 is 0 Å². The summed E-state index contributed by atoms with van der Waals surface area (Å²) in [6.07, 6.45) is 0.955. The predicted octanol–water partition coefficient (Wildman–Crippen LogP) is 3.18. The fraction of sp³-hybridized carbons (Fsp3) is 0.118. The summed E-state index contributed by atoms with van der Waals surface area (Å²) in [6.45, 7) is 0. The van der Waals surface area contributed by atoms with Crippen LogP contribution in [0.4, 0.5) is 11.4 Å². The van der Waals surface area contributed by atoms with E-state index in [2.05, 4.69) is 10.6 Å². The second-order valence-electron chi connectivity index (χ2n) is 5.41. The molecule has 0 radical (unpaired) electrons. The van der Waals surface area contributed by atoms with Crippen LogP contribution in [0.5, 0.6) is 0 Å². The monoisotopic (exact) mass is 344 g/mol. The number of halogens is 1. The highest BCUT2D eigenvalue weighted by atomic mass is 35.5. The molecule has 0 unspecified atom stereocenters.